The van der Waals surface area contributed by atoms with E-state index in [-0.39, 0.29) is 6.54 Å². The van der Waals surface area contributed by atoms with Crippen LogP contribution in [0.4, 0.5) is 0 Å². The van der Waals surface area contributed by atoms with E-state index in [4.69, 9.17) is 0 Å². The second-order valence-electron chi connectivity index (χ2n) is 4.19. The smallest absolute Gasteiger partial charge is 0.293 e. The molecule has 4 nitrogen and oxygen atoms in total. The second-order valence-corrected chi connectivity index (χ2v) is 4.19. The molecule has 0 unspecified atom stereocenters. The molecule has 0 aliphatic rings. The molecule has 0 saturated carbocycles. The van der Waals surface area contributed by atoms with Crippen molar-refractivity contribution in [1.29, 1.82) is 0 Å². The lowest BCUT2D eigenvalue weighted by molar-refractivity contribution is -0.116. The zero-order chi connectivity index (χ0) is 14.8. The van der Waals surface area contributed by atoms with Gasteiger partial charge in [-0.2, -0.15) is 0 Å². The standard InChI is InChI=1S/C16H20N2O2/c1-3-18(4-2)13-9-8-12-17-16(20)15(19)14-10-6-5-7-11-14/h5-7,10-11H,3-4,12-13H2,1-2H3,(H,17,20). The summed E-state index contributed by atoms with van der Waals surface area (Å²) in [6.07, 6.45) is 0. The van der Waals surface area contributed by atoms with E-state index in [1.807, 2.05) is 0 Å². The van der Waals surface area contributed by atoms with Gasteiger partial charge >= 0.3 is 0 Å². The van der Waals surface area contributed by atoms with Crippen LogP contribution in [0, 0.1) is 11.8 Å². The van der Waals surface area contributed by atoms with Crippen molar-refractivity contribution in [3.63, 3.8) is 0 Å². The quantitative estimate of drug-likeness (QED) is 0.483. The molecule has 0 heterocycles. The molecule has 1 aromatic carbocycles. The molecule has 0 saturated heterocycles. The highest BCUT2D eigenvalue weighted by Gasteiger charge is 2.14. The Labute approximate surface area is 120 Å². The van der Waals surface area contributed by atoms with E-state index in [2.05, 4.69) is 35.9 Å². The Kier molecular flexibility index (Phi) is 7.08. The predicted molar refractivity (Wildman–Crippen MR) is 79.3 cm³/mol. The van der Waals surface area contributed by atoms with E-state index >= 15 is 0 Å². The summed E-state index contributed by atoms with van der Waals surface area (Å²) < 4.78 is 0. The fourth-order valence-electron chi connectivity index (χ4n) is 1.60. The molecule has 106 valence electrons. The molecule has 1 aromatic rings. The number of hydrogen-bond donors (Lipinski definition) is 1. The number of carbonyl (C=O) groups excluding carboxylic acids is 2. The molecule has 0 fully saturated rings. The van der Waals surface area contributed by atoms with E-state index < -0.39 is 11.7 Å². The number of hydrogen-bond acceptors (Lipinski definition) is 3. The minimum Gasteiger partial charge on any atom is -0.338 e. The Morgan fingerprint density at radius 2 is 1.75 bits per heavy atom. The maximum absolute atomic E-state index is 11.7. The lowest BCUT2D eigenvalue weighted by Crippen LogP contribution is -2.31. The van der Waals surface area contributed by atoms with Crippen LogP contribution in [0.2, 0.25) is 0 Å². The summed E-state index contributed by atoms with van der Waals surface area (Å²) in [5.74, 6) is 4.67. The third-order valence-corrected chi connectivity index (χ3v) is 2.90. The fourth-order valence-corrected chi connectivity index (χ4v) is 1.60. The van der Waals surface area contributed by atoms with Crippen molar-refractivity contribution in [3.05, 3.63) is 35.9 Å². The average Bonchev–Trinajstić information content (AvgIpc) is 2.50. The lowest BCUT2D eigenvalue weighted by atomic mass is 10.1. The van der Waals surface area contributed by atoms with Crippen LogP contribution >= 0.6 is 0 Å². The van der Waals surface area contributed by atoms with Crippen LogP contribution in [0.1, 0.15) is 24.2 Å². The molecule has 1 N–H and O–H groups in total. The normalized spacial score (nSPS) is 9.75. The Bertz CT molecular complexity index is 496. The Balaban J connectivity index is 2.37. The monoisotopic (exact) mass is 272 g/mol. The van der Waals surface area contributed by atoms with Gasteiger partial charge in [-0.3, -0.25) is 14.5 Å². The van der Waals surface area contributed by atoms with Crippen LogP contribution in [0.15, 0.2) is 30.3 Å². The number of Topliss-reactive ketones (excluding diaryl/α,β-unsaturated/α-hetero) is 1. The van der Waals surface area contributed by atoms with E-state index in [1.165, 1.54) is 0 Å². The average molecular weight is 272 g/mol. The van der Waals surface area contributed by atoms with E-state index in [0.29, 0.717) is 12.1 Å². The summed E-state index contributed by atoms with van der Waals surface area (Å²) in [6, 6.07) is 8.49. The second kappa shape index (κ2) is 8.89. The van der Waals surface area contributed by atoms with Crippen molar-refractivity contribution in [3.8, 4) is 11.8 Å². The molecule has 1 rings (SSSR count). The number of amides is 1. The zero-order valence-corrected chi connectivity index (χ0v) is 12.0. The predicted octanol–water partition coefficient (Wildman–Crippen LogP) is 1.33. The highest BCUT2D eigenvalue weighted by molar-refractivity contribution is 6.42. The van der Waals surface area contributed by atoms with Gasteiger partial charge in [0.2, 0.25) is 5.78 Å². The number of nitrogens with zero attached hydrogens (tertiary/aromatic N) is 1. The van der Waals surface area contributed by atoms with Gasteiger partial charge < -0.3 is 5.32 Å². The minimum atomic E-state index is -0.617. The van der Waals surface area contributed by atoms with E-state index in [1.54, 1.807) is 30.3 Å². The van der Waals surface area contributed by atoms with Gasteiger partial charge in [-0.15, -0.1) is 0 Å². The number of benzene rings is 1. The van der Waals surface area contributed by atoms with Gasteiger partial charge in [-0.1, -0.05) is 56.0 Å². The van der Waals surface area contributed by atoms with E-state index in [0.717, 1.165) is 13.1 Å². The van der Waals surface area contributed by atoms with Crippen LogP contribution in [-0.4, -0.2) is 42.8 Å². The van der Waals surface area contributed by atoms with Crippen molar-refractivity contribution in [1.82, 2.24) is 10.2 Å². The summed E-state index contributed by atoms with van der Waals surface area (Å²) in [6.45, 7) is 6.92. The number of carbonyl (C=O) groups is 2. The molecular weight excluding hydrogens is 252 g/mol. The maximum Gasteiger partial charge on any atom is 0.293 e. The zero-order valence-electron chi connectivity index (χ0n) is 12.0. The number of nitrogens with one attached hydrogen (secondary N) is 1. The first-order chi connectivity index (χ1) is 9.69. The Hall–Kier alpha value is -2.12. The first-order valence-corrected chi connectivity index (χ1v) is 6.74. The Morgan fingerprint density at radius 3 is 2.35 bits per heavy atom. The van der Waals surface area contributed by atoms with Gasteiger partial charge in [0, 0.05) is 5.56 Å². The van der Waals surface area contributed by atoms with Crippen molar-refractivity contribution in [2.75, 3.05) is 26.2 Å². The largest absolute Gasteiger partial charge is 0.338 e. The molecule has 4 heteroatoms. The van der Waals surface area contributed by atoms with E-state index in [9.17, 15) is 9.59 Å². The first kappa shape index (κ1) is 15.9. The first-order valence-electron chi connectivity index (χ1n) is 6.74. The van der Waals surface area contributed by atoms with Gasteiger partial charge in [0.1, 0.15) is 0 Å². The topological polar surface area (TPSA) is 49.4 Å². The van der Waals surface area contributed by atoms with Crippen molar-refractivity contribution < 1.29 is 9.59 Å². The summed E-state index contributed by atoms with van der Waals surface area (Å²) in [4.78, 5) is 25.5. The summed E-state index contributed by atoms with van der Waals surface area (Å²) in [5, 5.41) is 2.51. The summed E-state index contributed by atoms with van der Waals surface area (Å²) >= 11 is 0. The third-order valence-electron chi connectivity index (χ3n) is 2.90. The summed E-state index contributed by atoms with van der Waals surface area (Å²) in [7, 11) is 0. The van der Waals surface area contributed by atoms with Gasteiger partial charge in [-0.05, 0) is 13.1 Å². The van der Waals surface area contributed by atoms with Crippen LogP contribution in [-0.2, 0) is 4.79 Å². The SMILES string of the molecule is CCN(CC)CC#CCNC(=O)C(=O)c1ccccc1. The van der Waals surface area contributed by atoms with Crippen LogP contribution in [0.25, 0.3) is 0 Å². The van der Waals surface area contributed by atoms with Gasteiger partial charge in [0.15, 0.2) is 0 Å². The maximum atomic E-state index is 11.7. The number of ketones is 1. The highest BCUT2D eigenvalue weighted by Crippen LogP contribution is 1.99. The highest BCUT2D eigenvalue weighted by atomic mass is 16.2. The Morgan fingerprint density at radius 1 is 1.10 bits per heavy atom. The van der Waals surface area contributed by atoms with Crippen molar-refractivity contribution in [2.24, 2.45) is 0 Å². The molecule has 0 bridgehead atoms. The molecule has 0 aliphatic carbocycles. The third kappa shape index (κ3) is 5.25. The summed E-state index contributed by atoms with van der Waals surface area (Å²) in [5.41, 5.74) is 0.390. The fraction of sp³-hybridized carbons (Fsp3) is 0.375. The van der Waals surface area contributed by atoms with Crippen molar-refractivity contribution >= 4 is 11.7 Å². The van der Waals surface area contributed by atoms with Crippen LogP contribution < -0.4 is 5.32 Å². The van der Waals surface area contributed by atoms with Crippen LogP contribution in [0.5, 0.6) is 0 Å². The molecule has 0 aliphatic heterocycles. The molecule has 0 atom stereocenters. The molecule has 1 amide bonds. The van der Waals surface area contributed by atoms with Crippen LogP contribution in [0.3, 0.4) is 0 Å². The lowest BCUT2D eigenvalue weighted by Gasteiger charge is -2.13. The molecule has 0 spiro atoms. The molecule has 0 aromatic heterocycles. The van der Waals surface area contributed by atoms with Gasteiger partial charge in [0.05, 0.1) is 13.1 Å². The molecule has 0 radical (unpaired) electrons. The molecule has 20 heavy (non-hydrogen) atoms. The van der Waals surface area contributed by atoms with Crippen molar-refractivity contribution in [2.45, 2.75) is 13.8 Å². The van der Waals surface area contributed by atoms with Gasteiger partial charge in [0.25, 0.3) is 5.91 Å². The molecular formula is C16H20N2O2. The minimum absolute atomic E-state index is 0.193. The van der Waals surface area contributed by atoms with Gasteiger partial charge in [-0.25, -0.2) is 0 Å². The number of rotatable bonds is 6.